The molecule has 1 aromatic heterocycles. The summed E-state index contributed by atoms with van der Waals surface area (Å²) in [7, 11) is -3.78. The van der Waals surface area contributed by atoms with Crippen LogP contribution in [0.1, 0.15) is 5.56 Å². The van der Waals surface area contributed by atoms with Gasteiger partial charge in [0.2, 0.25) is 0 Å². The van der Waals surface area contributed by atoms with Crippen molar-refractivity contribution in [3.8, 4) is 17.2 Å². The lowest BCUT2D eigenvalue weighted by molar-refractivity contribution is 0.601. The van der Waals surface area contributed by atoms with Crippen LogP contribution in [0.2, 0.25) is 0 Å². The van der Waals surface area contributed by atoms with Gasteiger partial charge in [0.15, 0.2) is 0 Å². The van der Waals surface area contributed by atoms with Crippen molar-refractivity contribution in [3.05, 3.63) is 70.8 Å². The van der Waals surface area contributed by atoms with Gasteiger partial charge < -0.3 is 4.98 Å². The molecule has 0 saturated carbocycles. The Labute approximate surface area is 148 Å². The Morgan fingerprint density at radius 2 is 1.71 bits per heavy atom. The van der Waals surface area contributed by atoms with E-state index >= 15 is 0 Å². The molecule has 7 heteroatoms. The third kappa shape index (κ3) is 3.20. The molecule has 0 amide bonds. The number of hydrogen-bond donors (Lipinski definition) is 2. The first-order valence-electron chi connectivity index (χ1n) is 6.96. The number of halogens is 1. The lowest BCUT2D eigenvalue weighted by Gasteiger charge is -2.07. The van der Waals surface area contributed by atoms with E-state index < -0.39 is 10.0 Å². The molecule has 0 spiro atoms. The number of H-pyrrole nitrogens is 1. The monoisotopic (exact) mass is 401 g/mol. The van der Waals surface area contributed by atoms with Gasteiger partial charge in [0, 0.05) is 16.2 Å². The van der Waals surface area contributed by atoms with Gasteiger partial charge in [-0.2, -0.15) is 5.26 Å². The number of benzene rings is 2. The summed E-state index contributed by atoms with van der Waals surface area (Å²) in [5.74, 6) is 0.152. The Hall–Kier alpha value is -2.56. The highest BCUT2D eigenvalue weighted by atomic mass is 79.9. The van der Waals surface area contributed by atoms with Crippen molar-refractivity contribution in [2.24, 2.45) is 0 Å². The van der Waals surface area contributed by atoms with E-state index in [1.807, 2.05) is 30.3 Å². The van der Waals surface area contributed by atoms with Gasteiger partial charge in [0.1, 0.15) is 17.5 Å². The maximum Gasteiger partial charge on any atom is 0.263 e. The van der Waals surface area contributed by atoms with Crippen LogP contribution in [0.4, 0.5) is 5.82 Å². The number of rotatable bonds is 4. The van der Waals surface area contributed by atoms with Crippen LogP contribution in [0, 0.1) is 11.3 Å². The predicted molar refractivity (Wildman–Crippen MR) is 95.9 cm³/mol. The number of sulfonamides is 1. The van der Waals surface area contributed by atoms with Gasteiger partial charge in [0.25, 0.3) is 10.0 Å². The molecule has 0 bridgehead atoms. The van der Waals surface area contributed by atoms with Gasteiger partial charge >= 0.3 is 0 Å². The second kappa shape index (κ2) is 6.51. The van der Waals surface area contributed by atoms with Crippen LogP contribution in [0.25, 0.3) is 11.1 Å². The Balaban J connectivity index is 1.98. The van der Waals surface area contributed by atoms with Crippen molar-refractivity contribution in [1.29, 1.82) is 5.26 Å². The number of aromatic amines is 1. The standard InChI is InChI=1S/C17H12BrN3O2S/c18-13-6-8-14(9-7-13)24(22,23)21-17-15(10-19)16(11-20-17)12-4-2-1-3-5-12/h1-9,11,20-21H. The fraction of sp³-hybridized carbons (Fsp3) is 0. The third-order valence-corrected chi connectivity index (χ3v) is 5.33. The normalized spacial score (nSPS) is 11.0. The van der Waals surface area contributed by atoms with Crippen LogP contribution in [0.5, 0.6) is 0 Å². The minimum atomic E-state index is -3.78. The average molecular weight is 402 g/mol. The zero-order chi connectivity index (χ0) is 17.2. The van der Waals surface area contributed by atoms with E-state index in [-0.39, 0.29) is 16.3 Å². The molecule has 0 saturated heterocycles. The minimum absolute atomic E-state index is 0.116. The second-order valence-electron chi connectivity index (χ2n) is 4.99. The summed E-state index contributed by atoms with van der Waals surface area (Å²) in [5, 5.41) is 9.44. The van der Waals surface area contributed by atoms with Crippen LogP contribution in [0.15, 0.2) is 70.2 Å². The molecule has 0 radical (unpaired) electrons. The van der Waals surface area contributed by atoms with Gasteiger partial charge in [-0.1, -0.05) is 46.3 Å². The molecule has 0 unspecified atom stereocenters. The molecule has 24 heavy (non-hydrogen) atoms. The van der Waals surface area contributed by atoms with E-state index in [4.69, 9.17) is 0 Å². The SMILES string of the molecule is N#Cc1c(-c2ccccc2)c[nH]c1NS(=O)(=O)c1ccc(Br)cc1. The number of anilines is 1. The fourth-order valence-electron chi connectivity index (χ4n) is 2.27. The summed E-state index contributed by atoms with van der Waals surface area (Å²) < 4.78 is 28.2. The number of nitrogens with zero attached hydrogens (tertiary/aromatic N) is 1. The summed E-state index contributed by atoms with van der Waals surface area (Å²) in [6, 6.07) is 17.6. The number of nitriles is 1. The number of hydrogen-bond acceptors (Lipinski definition) is 3. The highest BCUT2D eigenvalue weighted by Gasteiger charge is 2.19. The van der Waals surface area contributed by atoms with Crippen LogP contribution >= 0.6 is 15.9 Å². The van der Waals surface area contributed by atoms with Gasteiger partial charge in [-0.25, -0.2) is 8.42 Å². The first-order valence-corrected chi connectivity index (χ1v) is 9.24. The summed E-state index contributed by atoms with van der Waals surface area (Å²) in [4.78, 5) is 2.96. The first-order chi connectivity index (χ1) is 11.5. The molecule has 3 aromatic rings. The number of nitrogens with one attached hydrogen (secondary N) is 2. The molecule has 120 valence electrons. The second-order valence-corrected chi connectivity index (χ2v) is 7.59. The summed E-state index contributed by atoms with van der Waals surface area (Å²) >= 11 is 3.27. The Morgan fingerprint density at radius 3 is 2.33 bits per heavy atom. The van der Waals surface area contributed by atoms with Crippen molar-refractivity contribution in [3.63, 3.8) is 0 Å². The Bertz CT molecular complexity index is 1000. The van der Waals surface area contributed by atoms with Crippen LogP contribution in [-0.2, 0) is 10.0 Å². The topological polar surface area (TPSA) is 85.8 Å². The van der Waals surface area contributed by atoms with E-state index in [1.165, 1.54) is 12.1 Å². The highest BCUT2D eigenvalue weighted by Crippen LogP contribution is 2.29. The maximum atomic E-state index is 12.5. The molecule has 5 nitrogen and oxygen atoms in total. The molecule has 0 aliphatic rings. The van der Waals surface area contributed by atoms with Crippen molar-refractivity contribution in [1.82, 2.24) is 4.98 Å². The van der Waals surface area contributed by atoms with Gasteiger partial charge in [-0.3, -0.25) is 4.72 Å². The molecular weight excluding hydrogens is 390 g/mol. The third-order valence-electron chi connectivity index (χ3n) is 3.44. The molecule has 0 atom stereocenters. The summed E-state index contributed by atoms with van der Waals surface area (Å²) in [6.45, 7) is 0. The lowest BCUT2D eigenvalue weighted by atomic mass is 10.1. The highest BCUT2D eigenvalue weighted by molar-refractivity contribution is 9.10. The van der Waals surface area contributed by atoms with Crippen molar-refractivity contribution in [2.75, 3.05) is 4.72 Å². The molecule has 0 aliphatic heterocycles. The van der Waals surface area contributed by atoms with E-state index in [2.05, 4.69) is 31.7 Å². The van der Waals surface area contributed by atoms with Crippen molar-refractivity contribution >= 4 is 31.8 Å². The number of aromatic nitrogens is 1. The van der Waals surface area contributed by atoms with Crippen molar-refractivity contribution < 1.29 is 8.42 Å². The summed E-state index contributed by atoms with van der Waals surface area (Å²) in [5.41, 5.74) is 1.73. The molecule has 0 aliphatic carbocycles. The van der Waals surface area contributed by atoms with Crippen LogP contribution < -0.4 is 4.72 Å². The smallest absolute Gasteiger partial charge is 0.263 e. The molecule has 2 N–H and O–H groups in total. The molecular formula is C17H12BrN3O2S. The largest absolute Gasteiger partial charge is 0.346 e. The zero-order valence-corrected chi connectivity index (χ0v) is 14.7. The minimum Gasteiger partial charge on any atom is -0.346 e. The van der Waals surface area contributed by atoms with E-state index in [0.717, 1.165) is 10.0 Å². The fourth-order valence-corrected chi connectivity index (χ4v) is 3.58. The predicted octanol–water partition coefficient (Wildman–Crippen LogP) is 4.12. The van der Waals surface area contributed by atoms with E-state index in [9.17, 15) is 13.7 Å². The van der Waals surface area contributed by atoms with Crippen LogP contribution in [0.3, 0.4) is 0 Å². The van der Waals surface area contributed by atoms with E-state index in [1.54, 1.807) is 18.3 Å². The van der Waals surface area contributed by atoms with E-state index in [0.29, 0.717) is 5.56 Å². The van der Waals surface area contributed by atoms with Crippen LogP contribution in [-0.4, -0.2) is 13.4 Å². The molecule has 1 heterocycles. The summed E-state index contributed by atoms with van der Waals surface area (Å²) in [6.07, 6.45) is 1.62. The maximum absolute atomic E-state index is 12.5. The average Bonchev–Trinajstić information content (AvgIpc) is 2.98. The van der Waals surface area contributed by atoms with Crippen molar-refractivity contribution in [2.45, 2.75) is 4.90 Å². The first kappa shape index (κ1) is 16.3. The lowest BCUT2D eigenvalue weighted by Crippen LogP contribution is -2.13. The zero-order valence-electron chi connectivity index (χ0n) is 12.3. The quantitative estimate of drug-likeness (QED) is 0.689. The van der Waals surface area contributed by atoms with Gasteiger partial charge in [-0.15, -0.1) is 0 Å². The molecule has 3 rings (SSSR count). The Kier molecular flexibility index (Phi) is 4.42. The molecule has 2 aromatic carbocycles. The molecule has 0 fully saturated rings. The van der Waals surface area contributed by atoms with Gasteiger partial charge in [-0.05, 0) is 29.8 Å². The van der Waals surface area contributed by atoms with Gasteiger partial charge in [0.05, 0.1) is 4.90 Å². The Morgan fingerprint density at radius 1 is 1.04 bits per heavy atom.